The minimum Gasteiger partial charge on any atom is -0.496 e. The molecule has 0 amide bonds. The average Bonchev–Trinajstić information content (AvgIpc) is 3.54. The van der Waals surface area contributed by atoms with Crippen molar-refractivity contribution < 1.29 is 76.2 Å². The van der Waals surface area contributed by atoms with Gasteiger partial charge >= 0.3 is 41.8 Å². The topological polar surface area (TPSA) is 206 Å². The molecule has 17 nitrogen and oxygen atoms in total. The third-order valence-electron chi connectivity index (χ3n) is 8.56. The number of esters is 7. The van der Waals surface area contributed by atoms with Crippen molar-refractivity contribution in [2.24, 2.45) is 0 Å². The van der Waals surface area contributed by atoms with Crippen LogP contribution in [-0.2, 0) is 75.0 Å². The second kappa shape index (κ2) is 23.0. The monoisotopic (exact) mass is 777 g/mol. The van der Waals surface area contributed by atoms with E-state index >= 15 is 0 Å². The predicted molar refractivity (Wildman–Crippen MR) is 190 cm³/mol. The first-order chi connectivity index (χ1) is 26.3. The van der Waals surface area contributed by atoms with E-state index in [0.717, 1.165) is 18.7 Å². The summed E-state index contributed by atoms with van der Waals surface area (Å²) in [4.78, 5) is 87.1. The minimum absolute atomic E-state index is 0.00770. The van der Waals surface area contributed by atoms with Gasteiger partial charge in [0.1, 0.15) is 37.7 Å². The van der Waals surface area contributed by atoms with Crippen molar-refractivity contribution in [1.82, 2.24) is 4.90 Å². The Labute approximate surface area is 319 Å². The van der Waals surface area contributed by atoms with Gasteiger partial charge in [-0.05, 0) is 38.7 Å². The molecular formula is C38H51NO16. The summed E-state index contributed by atoms with van der Waals surface area (Å²) in [6.45, 7) is 9.07. The summed E-state index contributed by atoms with van der Waals surface area (Å²) in [7, 11) is 1.48. The molecule has 0 spiro atoms. The van der Waals surface area contributed by atoms with Crippen molar-refractivity contribution >= 4 is 41.8 Å². The lowest BCUT2D eigenvalue weighted by atomic mass is 9.94. The molecule has 1 aromatic rings. The van der Waals surface area contributed by atoms with Gasteiger partial charge in [0, 0.05) is 57.5 Å². The van der Waals surface area contributed by atoms with Crippen LogP contribution in [0.25, 0.3) is 0 Å². The van der Waals surface area contributed by atoms with Crippen LogP contribution in [0.1, 0.15) is 86.3 Å². The molecule has 0 radical (unpaired) electrons. The molecule has 2 heterocycles. The summed E-state index contributed by atoms with van der Waals surface area (Å²) in [5.41, 5.74) is 2.69. The summed E-state index contributed by atoms with van der Waals surface area (Å²) in [5.74, 6) is -3.95. The van der Waals surface area contributed by atoms with Crippen molar-refractivity contribution in [2.75, 3.05) is 66.4 Å². The van der Waals surface area contributed by atoms with E-state index in [9.17, 15) is 33.6 Å². The third-order valence-corrected chi connectivity index (χ3v) is 8.56. The molecule has 0 N–H and O–H groups in total. The van der Waals surface area contributed by atoms with E-state index in [1.807, 2.05) is 13.0 Å². The summed E-state index contributed by atoms with van der Waals surface area (Å²) >= 11 is 0. The highest BCUT2D eigenvalue weighted by Crippen LogP contribution is 2.43. The Balaban J connectivity index is 1.52. The Hall–Kier alpha value is -5.03. The first kappa shape index (κ1) is 44.4. The van der Waals surface area contributed by atoms with Gasteiger partial charge in [-0.3, -0.25) is 33.7 Å². The van der Waals surface area contributed by atoms with Crippen LogP contribution in [-0.4, -0.2) is 119 Å². The number of carbonyl (C=O) groups excluding carboxylic acids is 7. The molecule has 0 atom stereocenters. The van der Waals surface area contributed by atoms with Crippen LogP contribution in [0.2, 0.25) is 0 Å². The van der Waals surface area contributed by atoms with E-state index in [1.165, 1.54) is 21.0 Å². The molecule has 17 heteroatoms. The van der Waals surface area contributed by atoms with Crippen LogP contribution in [0.4, 0.5) is 0 Å². The number of fused-ring (bicyclic) bond motifs is 1. The molecule has 304 valence electrons. The fourth-order valence-electron chi connectivity index (χ4n) is 5.61. The van der Waals surface area contributed by atoms with Gasteiger partial charge in [-0.25, -0.2) is 4.79 Å². The first-order valence-corrected chi connectivity index (χ1v) is 18.1. The average molecular weight is 778 g/mol. The van der Waals surface area contributed by atoms with E-state index < -0.39 is 41.9 Å². The number of hydrogen-bond donors (Lipinski definition) is 0. The molecule has 2 aliphatic heterocycles. The molecule has 1 aromatic carbocycles. The maximum absolute atomic E-state index is 13.1. The fraction of sp³-hybridized carbons (Fsp3) is 0.605. The van der Waals surface area contributed by atoms with Crippen LogP contribution < -0.4 is 9.47 Å². The number of hydrogen-bond acceptors (Lipinski definition) is 17. The van der Waals surface area contributed by atoms with Gasteiger partial charge in [0.25, 0.3) is 0 Å². The van der Waals surface area contributed by atoms with Gasteiger partial charge < -0.3 is 42.6 Å². The van der Waals surface area contributed by atoms with Crippen LogP contribution in [0, 0.1) is 6.92 Å². The number of ether oxygens (including phenoxy) is 9. The summed E-state index contributed by atoms with van der Waals surface area (Å²) < 4.78 is 47.4. The first-order valence-electron chi connectivity index (χ1n) is 18.1. The number of methoxy groups -OCH3 is 1. The van der Waals surface area contributed by atoms with Crippen LogP contribution in [0.3, 0.4) is 0 Å². The lowest BCUT2D eigenvalue weighted by Crippen LogP contribution is -2.38. The van der Waals surface area contributed by atoms with Gasteiger partial charge in [-0.2, -0.15) is 0 Å². The molecule has 0 bridgehead atoms. The highest BCUT2D eigenvalue weighted by atomic mass is 16.6. The predicted octanol–water partition coefficient (Wildman–Crippen LogP) is 2.87. The van der Waals surface area contributed by atoms with Gasteiger partial charge in [0.05, 0.1) is 39.8 Å². The maximum atomic E-state index is 13.1. The second-order valence-electron chi connectivity index (χ2n) is 12.8. The SMILES string of the molecule is COc1c(C)c2c(c(OC(=O)CCCOC(=O)CCC(=O)OC(COC(C)=O)COC(C)=O)c1C/C=C(\C)CCC(=O)OCCN1CCOCC1)C(=O)OC2. The number of rotatable bonds is 22. The Morgan fingerprint density at radius 2 is 1.40 bits per heavy atom. The van der Waals surface area contributed by atoms with Crippen molar-refractivity contribution in [3.8, 4) is 11.5 Å². The Morgan fingerprint density at radius 1 is 0.782 bits per heavy atom. The lowest BCUT2D eigenvalue weighted by Gasteiger charge is -2.26. The van der Waals surface area contributed by atoms with Gasteiger partial charge in [0.15, 0.2) is 11.9 Å². The number of morpholine rings is 1. The van der Waals surface area contributed by atoms with Crippen LogP contribution >= 0.6 is 0 Å². The Bertz CT molecular complexity index is 1560. The highest BCUT2D eigenvalue weighted by Gasteiger charge is 2.34. The zero-order valence-electron chi connectivity index (χ0n) is 32.2. The molecular weight excluding hydrogens is 726 g/mol. The Kier molecular flexibility index (Phi) is 18.6. The molecule has 55 heavy (non-hydrogen) atoms. The second-order valence-corrected chi connectivity index (χ2v) is 12.8. The zero-order valence-corrected chi connectivity index (χ0v) is 32.2. The largest absolute Gasteiger partial charge is 0.496 e. The molecule has 0 aromatic heterocycles. The van der Waals surface area contributed by atoms with E-state index in [1.54, 1.807) is 6.92 Å². The molecule has 1 fully saturated rings. The van der Waals surface area contributed by atoms with E-state index in [0.29, 0.717) is 55.2 Å². The molecule has 0 unspecified atom stereocenters. The van der Waals surface area contributed by atoms with Gasteiger partial charge in [-0.1, -0.05) is 11.6 Å². The number of cyclic esters (lactones) is 1. The van der Waals surface area contributed by atoms with Gasteiger partial charge in [0.2, 0.25) is 0 Å². The quantitative estimate of drug-likeness (QED) is 0.0546. The zero-order chi connectivity index (χ0) is 40.3. The third kappa shape index (κ3) is 15.3. The number of benzene rings is 1. The van der Waals surface area contributed by atoms with Crippen molar-refractivity contribution in [1.29, 1.82) is 0 Å². The van der Waals surface area contributed by atoms with Crippen LogP contribution in [0.15, 0.2) is 11.6 Å². The number of carbonyl (C=O) groups is 7. The molecule has 1 saturated heterocycles. The Morgan fingerprint density at radius 3 is 2.04 bits per heavy atom. The van der Waals surface area contributed by atoms with E-state index in [4.69, 9.17) is 42.6 Å². The molecule has 2 aliphatic rings. The fourth-order valence-corrected chi connectivity index (χ4v) is 5.61. The number of allylic oxidation sites excluding steroid dienone is 2. The summed E-state index contributed by atoms with van der Waals surface area (Å²) in [5, 5.41) is 0. The standard InChI is InChI=1S/C38H51NO16/c1-24(9-11-31(42)50-20-16-39-14-18-48-19-15-39)8-10-29-36(47-5)25(2)30-23-53-38(46)35(30)37(29)55-33(44)7-6-17-49-32(43)12-13-34(45)54-28(21-51-26(3)40)22-52-27(4)41/h8,28H,6-7,9-23H2,1-5H3/b24-8+. The normalized spacial score (nSPS) is 14.1. The maximum Gasteiger partial charge on any atom is 0.342 e. The summed E-state index contributed by atoms with van der Waals surface area (Å²) in [6.07, 6.45) is 0.879. The van der Waals surface area contributed by atoms with Gasteiger partial charge in [-0.15, -0.1) is 0 Å². The van der Waals surface area contributed by atoms with Crippen molar-refractivity contribution in [2.45, 2.75) is 85.4 Å². The smallest absolute Gasteiger partial charge is 0.342 e. The molecule has 3 rings (SSSR count). The lowest BCUT2D eigenvalue weighted by molar-refractivity contribution is -0.166. The van der Waals surface area contributed by atoms with Crippen molar-refractivity contribution in [3.05, 3.63) is 33.9 Å². The van der Waals surface area contributed by atoms with Crippen molar-refractivity contribution in [3.63, 3.8) is 0 Å². The van der Waals surface area contributed by atoms with E-state index in [-0.39, 0.29) is 82.2 Å². The molecule has 0 aliphatic carbocycles. The minimum atomic E-state index is -1.05. The van der Waals surface area contributed by atoms with Crippen LogP contribution in [0.5, 0.6) is 11.5 Å². The number of nitrogens with zero attached hydrogens (tertiary/aromatic N) is 1. The summed E-state index contributed by atoms with van der Waals surface area (Å²) in [6, 6.07) is 0. The van der Waals surface area contributed by atoms with E-state index in [2.05, 4.69) is 4.90 Å². The highest BCUT2D eigenvalue weighted by molar-refractivity contribution is 5.99. The molecule has 0 saturated carbocycles.